The third-order valence-electron chi connectivity index (χ3n) is 6.54. The maximum atomic E-state index is 13.0. The molecule has 0 aromatic heterocycles. The summed E-state index contributed by atoms with van der Waals surface area (Å²) in [4.78, 5) is 13.0. The molecule has 2 bridgehead atoms. The van der Waals surface area contributed by atoms with Gasteiger partial charge in [0, 0.05) is 16.6 Å². The summed E-state index contributed by atoms with van der Waals surface area (Å²) in [7, 11) is 2.91. The molecule has 1 aromatic carbocycles. The Labute approximate surface area is 168 Å². The second-order valence-corrected chi connectivity index (χ2v) is 10.4. The fourth-order valence-corrected chi connectivity index (χ4v) is 4.48. The highest BCUT2D eigenvalue weighted by Crippen LogP contribution is 2.65. The van der Waals surface area contributed by atoms with Crippen LogP contribution in [0.5, 0.6) is 0 Å². The van der Waals surface area contributed by atoms with Crippen molar-refractivity contribution in [3.8, 4) is 0 Å². The van der Waals surface area contributed by atoms with E-state index < -0.39 is 10.4 Å². The summed E-state index contributed by atoms with van der Waals surface area (Å²) in [5.41, 5.74) is 3.41. The highest BCUT2D eigenvalue weighted by molar-refractivity contribution is 7.80. The van der Waals surface area contributed by atoms with Crippen LogP contribution in [0.3, 0.4) is 0 Å². The van der Waals surface area contributed by atoms with Gasteiger partial charge in [-0.2, -0.15) is 0 Å². The number of quaternary nitrogens is 1. The van der Waals surface area contributed by atoms with Crippen LogP contribution in [0.25, 0.3) is 6.08 Å². The van der Waals surface area contributed by atoms with E-state index in [-0.39, 0.29) is 10.8 Å². The van der Waals surface area contributed by atoms with Crippen molar-refractivity contribution in [1.82, 2.24) is 4.48 Å². The number of nitrogens with zero attached hydrogens (tertiary/aromatic N) is 1. The van der Waals surface area contributed by atoms with Gasteiger partial charge in [0.15, 0.2) is 5.78 Å². The number of para-hydroxylation sites is 1. The summed E-state index contributed by atoms with van der Waals surface area (Å²) in [6.45, 7) is 6.71. The molecule has 0 radical (unpaired) electrons. The Morgan fingerprint density at radius 3 is 2.14 bits per heavy atom. The standard InChI is InChI=1S/C20H28NO.CH4O4S/c1-19(2)16-11-12-20(19,3)18(22)15(16)13-14-9-7-8-10-17(14)21(4,5)6;1-5-6(2,3)4/h7-10,13,16H,11-12H2,1-6H3;1H3,(H,2,3,4)/q+1;/p-1/b15-13+;. The van der Waals surface area contributed by atoms with Gasteiger partial charge in [-0.25, -0.2) is 8.42 Å². The molecule has 0 spiro atoms. The quantitative estimate of drug-likeness (QED) is 0.331. The number of carbonyl (C=O) groups excluding carboxylic acids is 1. The van der Waals surface area contributed by atoms with Crippen LogP contribution in [0.2, 0.25) is 0 Å². The molecule has 2 aliphatic carbocycles. The van der Waals surface area contributed by atoms with E-state index in [9.17, 15) is 17.8 Å². The fraction of sp³-hybridized carbons (Fsp3) is 0.571. The average Bonchev–Trinajstić information content (AvgIpc) is 2.88. The number of benzene rings is 1. The van der Waals surface area contributed by atoms with Gasteiger partial charge in [-0.3, -0.25) is 13.5 Å². The molecule has 2 saturated carbocycles. The number of fused-ring (bicyclic) bond motifs is 2. The van der Waals surface area contributed by atoms with E-state index in [1.165, 1.54) is 11.3 Å². The van der Waals surface area contributed by atoms with E-state index in [1.807, 2.05) is 0 Å². The summed E-state index contributed by atoms with van der Waals surface area (Å²) in [6, 6.07) is 8.45. The maximum absolute atomic E-state index is 13.0. The van der Waals surface area contributed by atoms with Gasteiger partial charge >= 0.3 is 0 Å². The Morgan fingerprint density at radius 2 is 1.71 bits per heavy atom. The number of allylic oxidation sites excluding steroid dienone is 1. The second-order valence-electron chi connectivity index (χ2n) is 9.22. The fourth-order valence-electron chi connectivity index (χ4n) is 4.48. The first-order valence-electron chi connectivity index (χ1n) is 9.34. The highest BCUT2D eigenvalue weighted by atomic mass is 32.3. The molecule has 0 saturated heterocycles. The molecule has 2 aliphatic rings. The predicted molar refractivity (Wildman–Crippen MR) is 110 cm³/mol. The van der Waals surface area contributed by atoms with E-state index >= 15 is 0 Å². The number of carbonyl (C=O) groups is 1. The molecule has 2 unspecified atom stereocenters. The lowest BCUT2D eigenvalue weighted by Gasteiger charge is -2.31. The van der Waals surface area contributed by atoms with Crippen LogP contribution in [0.1, 0.15) is 39.2 Å². The lowest BCUT2D eigenvalue weighted by molar-refractivity contribution is -0.125. The molecule has 28 heavy (non-hydrogen) atoms. The van der Waals surface area contributed by atoms with Gasteiger partial charge in [0.2, 0.25) is 10.4 Å². The van der Waals surface area contributed by atoms with Gasteiger partial charge in [-0.05, 0) is 42.4 Å². The van der Waals surface area contributed by atoms with E-state index in [4.69, 9.17) is 0 Å². The zero-order chi connectivity index (χ0) is 21.5. The molecule has 2 fully saturated rings. The van der Waals surface area contributed by atoms with Crippen LogP contribution in [-0.4, -0.2) is 47.0 Å². The average molecular weight is 410 g/mol. The van der Waals surface area contributed by atoms with Crippen molar-refractivity contribution in [2.45, 2.75) is 33.6 Å². The number of hydrogen-bond donors (Lipinski definition) is 0. The minimum Gasteiger partial charge on any atom is -0.726 e. The molecule has 6 nitrogen and oxygen atoms in total. The van der Waals surface area contributed by atoms with Crippen molar-refractivity contribution in [2.24, 2.45) is 16.7 Å². The molecule has 0 heterocycles. The van der Waals surface area contributed by atoms with Crippen molar-refractivity contribution >= 4 is 27.9 Å². The Bertz CT molecular complexity index is 896. The predicted octanol–water partition coefficient (Wildman–Crippen LogP) is 3.38. The topological polar surface area (TPSA) is 83.5 Å². The monoisotopic (exact) mass is 409 g/mol. The third-order valence-corrected chi connectivity index (χ3v) is 6.95. The van der Waals surface area contributed by atoms with E-state index in [0.717, 1.165) is 30.0 Å². The summed E-state index contributed by atoms with van der Waals surface area (Å²) >= 11 is 0. The normalized spacial score (nSPS) is 27.6. The van der Waals surface area contributed by atoms with Crippen molar-refractivity contribution < 1.29 is 21.9 Å². The molecule has 0 aliphatic heterocycles. The summed E-state index contributed by atoms with van der Waals surface area (Å²) in [5.74, 6) is 0.787. The molecule has 156 valence electrons. The van der Waals surface area contributed by atoms with Crippen LogP contribution < -0.4 is 4.48 Å². The highest BCUT2D eigenvalue weighted by Gasteiger charge is 2.63. The zero-order valence-corrected chi connectivity index (χ0v) is 18.6. The molecule has 0 N–H and O–H groups in total. The Hall–Kier alpha value is -1.54. The number of ketones is 1. The van der Waals surface area contributed by atoms with Crippen molar-refractivity contribution in [3.05, 3.63) is 35.4 Å². The van der Waals surface area contributed by atoms with Crippen LogP contribution in [-0.2, 0) is 19.4 Å². The van der Waals surface area contributed by atoms with E-state index in [2.05, 4.69) is 76.4 Å². The van der Waals surface area contributed by atoms with Crippen LogP contribution in [0.15, 0.2) is 29.8 Å². The van der Waals surface area contributed by atoms with E-state index in [1.54, 1.807) is 0 Å². The molecular weight excluding hydrogens is 378 g/mol. The Balaban J connectivity index is 0.000000409. The molecule has 1 aromatic rings. The minimum atomic E-state index is -4.41. The molecule has 2 atom stereocenters. The lowest BCUT2D eigenvalue weighted by atomic mass is 9.70. The van der Waals surface area contributed by atoms with Gasteiger partial charge in [0.25, 0.3) is 0 Å². The van der Waals surface area contributed by atoms with Crippen molar-refractivity contribution in [1.29, 1.82) is 0 Å². The van der Waals surface area contributed by atoms with Crippen LogP contribution in [0, 0.1) is 16.7 Å². The number of hydrogen-bond acceptors (Lipinski definition) is 5. The van der Waals surface area contributed by atoms with Gasteiger partial charge < -0.3 is 4.55 Å². The van der Waals surface area contributed by atoms with Gasteiger partial charge in [0.05, 0.1) is 28.3 Å². The summed E-state index contributed by atoms with van der Waals surface area (Å²) in [5, 5.41) is 0. The lowest BCUT2D eigenvalue weighted by Crippen LogP contribution is -2.35. The Morgan fingerprint density at radius 1 is 1.18 bits per heavy atom. The van der Waals surface area contributed by atoms with Crippen molar-refractivity contribution in [2.75, 3.05) is 28.3 Å². The largest absolute Gasteiger partial charge is 0.726 e. The Kier molecular flexibility index (Phi) is 5.99. The van der Waals surface area contributed by atoms with Gasteiger partial charge in [0.1, 0.15) is 5.69 Å². The zero-order valence-electron chi connectivity index (χ0n) is 17.8. The number of rotatable bonds is 3. The summed E-state index contributed by atoms with van der Waals surface area (Å²) in [6.07, 6.45) is 4.36. The first-order valence-corrected chi connectivity index (χ1v) is 10.7. The molecule has 3 rings (SSSR count). The molecule has 0 amide bonds. The third kappa shape index (κ3) is 4.08. The van der Waals surface area contributed by atoms with Crippen LogP contribution >= 0.6 is 0 Å². The minimum absolute atomic E-state index is 0.0848. The maximum Gasteiger partial charge on any atom is 0.217 e. The molecule has 7 heteroatoms. The van der Waals surface area contributed by atoms with E-state index in [0.29, 0.717) is 11.7 Å². The number of Topliss-reactive ketones (excluding diaryl/α,β-unsaturated/α-hetero) is 1. The first-order chi connectivity index (χ1) is 12.6. The molecular formula is C21H31NO5S. The van der Waals surface area contributed by atoms with Gasteiger partial charge in [-0.15, -0.1) is 0 Å². The SMILES string of the molecule is CC12CCC(/C(=C\c3ccccc3[N+](C)(C)C)C1=O)C2(C)C.COS(=O)(=O)[O-]. The summed E-state index contributed by atoms with van der Waals surface area (Å²) < 4.78 is 31.8. The smallest absolute Gasteiger partial charge is 0.217 e. The van der Waals surface area contributed by atoms with Crippen molar-refractivity contribution in [3.63, 3.8) is 0 Å². The first kappa shape index (κ1) is 22.7. The van der Waals surface area contributed by atoms with Crippen LogP contribution in [0.4, 0.5) is 5.69 Å². The second kappa shape index (κ2) is 7.37. The van der Waals surface area contributed by atoms with Gasteiger partial charge in [-0.1, -0.05) is 32.9 Å².